The summed E-state index contributed by atoms with van der Waals surface area (Å²) in [5, 5.41) is 10.5. The highest BCUT2D eigenvalue weighted by molar-refractivity contribution is 7.89. The van der Waals surface area contributed by atoms with Gasteiger partial charge in [0.1, 0.15) is 5.58 Å². The summed E-state index contributed by atoms with van der Waals surface area (Å²) in [7, 11) is -3.60. The number of aromatic carboxylic acids is 1. The van der Waals surface area contributed by atoms with Crippen LogP contribution in [0, 0.1) is 0 Å². The maximum atomic E-state index is 12.8. The zero-order chi connectivity index (χ0) is 20.8. The molecule has 0 radical (unpaired) electrons. The van der Waals surface area contributed by atoms with Gasteiger partial charge in [0.2, 0.25) is 15.8 Å². The van der Waals surface area contributed by atoms with Crippen molar-refractivity contribution in [3.63, 3.8) is 0 Å². The van der Waals surface area contributed by atoms with Crippen LogP contribution in [0.25, 0.3) is 11.0 Å². The van der Waals surface area contributed by atoms with Gasteiger partial charge in [-0.3, -0.25) is 0 Å². The Kier molecular flexibility index (Phi) is 5.20. The minimum absolute atomic E-state index is 0.182. The number of carbonyl (C=O) groups is 1. The molecule has 0 aliphatic carbocycles. The Balaban J connectivity index is 1.54. The van der Waals surface area contributed by atoms with Gasteiger partial charge in [0.15, 0.2) is 0 Å². The van der Waals surface area contributed by atoms with Crippen molar-refractivity contribution < 1.29 is 22.7 Å². The summed E-state index contributed by atoms with van der Waals surface area (Å²) >= 11 is 12.3. The average molecular weight is 455 g/mol. The Morgan fingerprint density at radius 1 is 1.00 bits per heavy atom. The summed E-state index contributed by atoms with van der Waals surface area (Å²) in [5.41, 5.74) is 1.10. The topological polar surface area (TPSA) is 91.1 Å². The average Bonchev–Trinajstić information content (AvgIpc) is 3.14. The number of halogens is 2. The molecule has 2 aromatic carbocycles. The van der Waals surface area contributed by atoms with E-state index in [-0.39, 0.29) is 10.7 Å². The molecule has 1 aromatic heterocycles. The number of carboxylic acids is 1. The van der Waals surface area contributed by atoms with Crippen molar-refractivity contribution in [1.29, 1.82) is 0 Å². The lowest BCUT2D eigenvalue weighted by Crippen LogP contribution is -2.48. The summed E-state index contributed by atoms with van der Waals surface area (Å²) in [6.07, 6.45) is 0. The van der Waals surface area contributed by atoms with E-state index in [0.717, 1.165) is 0 Å². The first-order chi connectivity index (χ1) is 13.8. The molecule has 0 bridgehead atoms. The lowest BCUT2D eigenvalue weighted by Gasteiger charge is -2.35. The Morgan fingerprint density at radius 3 is 2.28 bits per heavy atom. The molecule has 10 heteroatoms. The highest BCUT2D eigenvalue weighted by atomic mass is 35.5. The number of carboxylic acid groups (broad SMARTS) is 1. The largest absolute Gasteiger partial charge is 0.475 e. The van der Waals surface area contributed by atoms with Crippen LogP contribution in [0.2, 0.25) is 10.0 Å². The lowest BCUT2D eigenvalue weighted by molar-refractivity contribution is 0.0665. The van der Waals surface area contributed by atoms with Crippen LogP contribution in [0.5, 0.6) is 0 Å². The first kappa shape index (κ1) is 20.0. The first-order valence-corrected chi connectivity index (χ1v) is 10.9. The smallest absolute Gasteiger partial charge is 0.371 e. The lowest BCUT2D eigenvalue weighted by atomic mass is 10.2. The monoisotopic (exact) mass is 454 g/mol. The van der Waals surface area contributed by atoms with Crippen LogP contribution in [0.4, 0.5) is 5.69 Å². The van der Waals surface area contributed by atoms with Crippen molar-refractivity contribution in [3.05, 3.63) is 58.3 Å². The van der Waals surface area contributed by atoms with Gasteiger partial charge in [-0.1, -0.05) is 23.2 Å². The fourth-order valence-electron chi connectivity index (χ4n) is 3.34. The number of hydrogen-bond donors (Lipinski definition) is 1. The third-order valence-corrected chi connectivity index (χ3v) is 7.42. The molecule has 7 nitrogen and oxygen atoms in total. The van der Waals surface area contributed by atoms with Crippen LogP contribution in [0.15, 0.2) is 51.8 Å². The van der Waals surface area contributed by atoms with Crippen LogP contribution >= 0.6 is 23.2 Å². The van der Waals surface area contributed by atoms with Gasteiger partial charge in [0.05, 0.1) is 15.6 Å². The third-order valence-electron chi connectivity index (χ3n) is 4.86. The second-order valence-electron chi connectivity index (χ2n) is 6.57. The van der Waals surface area contributed by atoms with Gasteiger partial charge in [-0.05, 0) is 36.4 Å². The Labute approximate surface area is 177 Å². The van der Waals surface area contributed by atoms with Gasteiger partial charge >= 0.3 is 5.97 Å². The van der Waals surface area contributed by atoms with Gasteiger partial charge in [0.25, 0.3) is 0 Å². The van der Waals surface area contributed by atoms with Crippen LogP contribution < -0.4 is 4.90 Å². The molecular weight excluding hydrogens is 439 g/mol. The molecule has 1 saturated heterocycles. The molecule has 0 amide bonds. The van der Waals surface area contributed by atoms with E-state index in [1.807, 2.05) is 4.90 Å². The van der Waals surface area contributed by atoms with E-state index in [1.165, 1.54) is 22.5 Å². The molecule has 4 rings (SSSR count). The SMILES string of the molecule is O=C(O)c1cc2c(Cl)c(N3CCN(S(=O)(=O)c4ccc(Cl)cc4)CC3)ccc2o1. The van der Waals surface area contributed by atoms with Crippen LogP contribution in [0.3, 0.4) is 0 Å². The van der Waals surface area contributed by atoms with Crippen molar-refractivity contribution in [2.75, 3.05) is 31.1 Å². The number of anilines is 1. The predicted octanol–water partition coefficient (Wildman–Crippen LogP) is 3.95. The van der Waals surface area contributed by atoms with Gasteiger partial charge in [-0.2, -0.15) is 4.31 Å². The summed E-state index contributed by atoms with van der Waals surface area (Å²) in [5.74, 6) is -1.35. The standard InChI is InChI=1S/C19H16Cl2N2O5S/c20-12-1-3-13(4-2-12)29(26,27)23-9-7-22(8-10-23)15-5-6-16-14(18(15)21)11-17(28-16)19(24)25/h1-6,11H,7-10H2,(H,24,25). The van der Waals surface area contributed by atoms with Crippen molar-refractivity contribution in [3.8, 4) is 0 Å². The molecule has 1 aliphatic heterocycles. The molecule has 3 aromatic rings. The quantitative estimate of drug-likeness (QED) is 0.641. The molecule has 152 valence electrons. The van der Waals surface area contributed by atoms with Crippen molar-refractivity contribution in [2.45, 2.75) is 4.90 Å². The number of benzene rings is 2. The van der Waals surface area contributed by atoms with Crippen molar-refractivity contribution in [1.82, 2.24) is 4.31 Å². The number of hydrogen-bond acceptors (Lipinski definition) is 5. The zero-order valence-corrected chi connectivity index (χ0v) is 17.3. The first-order valence-electron chi connectivity index (χ1n) is 8.73. The van der Waals surface area contributed by atoms with Gasteiger partial charge in [0, 0.05) is 42.7 Å². The van der Waals surface area contributed by atoms with Gasteiger partial charge in [-0.15, -0.1) is 0 Å². The molecule has 1 N–H and O–H groups in total. The summed E-state index contributed by atoms with van der Waals surface area (Å²) in [4.78, 5) is 13.3. The predicted molar refractivity (Wildman–Crippen MR) is 111 cm³/mol. The molecule has 1 aliphatic rings. The molecule has 0 unspecified atom stereocenters. The number of furan rings is 1. The third kappa shape index (κ3) is 3.69. The van der Waals surface area contributed by atoms with Gasteiger partial charge < -0.3 is 14.4 Å². The van der Waals surface area contributed by atoms with E-state index in [9.17, 15) is 13.2 Å². The van der Waals surface area contributed by atoms with Crippen molar-refractivity contribution >= 4 is 55.9 Å². The number of sulfonamides is 1. The molecule has 29 heavy (non-hydrogen) atoms. The number of rotatable bonds is 4. The van der Waals surface area contributed by atoms with E-state index in [2.05, 4.69) is 0 Å². The Morgan fingerprint density at radius 2 is 1.66 bits per heavy atom. The molecular formula is C19H16Cl2N2O5S. The van der Waals surface area contributed by atoms with Crippen molar-refractivity contribution in [2.24, 2.45) is 0 Å². The number of piperazine rings is 1. The maximum Gasteiger partial charge on any atom is 0.371 e. The van der Waals surface area contributed by atoms with E-state index >= 15 is 0 Å². The minimum atomic E-state index is -3.60. The summed E-state index contributed by atoms with van der Waals surface area (Å²) in [6.45, 7) is 1.49. The van der Waals surface area contributed by atoms with E-state index < -0.39 is 16.0 Å². The number of fused-ring (bicyclic) bond motifs is 1. The fraction of sp³-hybridized carbons (Fsp3) is 0.211. The van der Waals surface area contributed by atoms with E-state index in [0.29, 0.717) is 52.9 Å². The van der Waals surface area contributed by atoms with E-state index in [1.54, 1.807) is 24.3 Å². The normalized spacial score (nSPS) is 15.7. The second-order valence-corrected chi connectivity index (χ2v) is 9.32. The fourth-order valence-corrected chi connectivity index (χ4v) is 5.22. The van der Waals surface area contributed by atoms with Gasteiger partial charge in [-0.25, -0.2) is 13.2 Å². The highest BCUT2D eigenvalue weighted by Crippen LogP contribution is 2.36. The minimum Gasteiger partial charge on any atom is -0.475 e. The zero-order valence-electron chi connectivity index (χ0n) is 15.0. The Hall–Kier alpha value is -2.26. The molecule has 0 saturated carbocycles. The second kappa shape index (κ2) is 7.53. The molecule has 2 heterocycles. The molecule has 0 spiro atoms. The maximum absolute atomic E-state index is 12.8. The van der Waals surface area contributed by atoms with Crippen LogP contribution in [0.1, 0.15) is 10.6 Å². The molecule has 1 fully saturated rings. The summed E-state index contributed by atoms with van der Waals surface area (Å²) < 4.78 is 32.3. The van der Waals surface area contributed by atoms with E-state index in [4.69, 9.17) is 32.7 Å². The van der Waals surface area contributed by atoms with Crippen LogP contribution in [-0.2, 0) is 10.0 Å². The molecule has 0 atom stereocenters. The van der Waals surface area contributed by atoms with Crippen LogP contribution in [-0.4, -0.2) is 50.0 Å². The highest BCUT2D eigenvalue weighted by Gasteiger charge is 2.29. The summed E-state index contributed by atoms with van der Waals surface area (Å²) in [6, 6.07) is 10.9. The number of nitrogens with zero attached hydrogens (tertiary/aromatic N) is 2. The Bertz CT molecular complexity index is 1180.